The van der Waals surface area contributed by atoms with Crippen LogP contribution < -0.4 is 5.32 Å². The standard InChI is InChI=1S/C7H8O3S.C5H11NO/c1-6-2-4-7(5-3-6)11(8,9)10;1-7-4-5-2-6-3-5/h2-5H,1H3,(H,8,9,10);5-6H,2-4H2,1H3. The number of hydrogen-bond donors (Lipinski definition) is 2. The summed E-state index contributed by atoms with van der Waals surface area (Å²) < 4.78 is 34.5. The highest BCUT2D eigenvalue weighted by Crippen LogP contribution is 2.08. The summed E-state index contributed by atoms with van der Waals surface area (Å²) in [6.07, 6.45) is 0. The van der Waals surface area contributed by atoms with Crippen LogP contribution in [0, 0.1) is 12.8 Å². The topological polar surface area (TPSA) is 75.6 Å². The van der Waals surface area contributed by atoms with Gasteiger partial charge in [0, 0.05) is 26.1 Å². The Hall–Kier alpha value is -0.950. The third-order valence-corrected chi connectivity index (χ3v) is 3.46. The molecule has 0 atom stereocenters. The maximum Gasteiger partial charge on any atom is 0.294 e. The number of aryl methyl sites for hydroxylation is 1. The van der Waals surface area contributed by atoms with Crippen LogP contribution in [0.3, 0.4) is 0 Å². The van der Waals surface area contributed by atoms with E-state index in [1.807, 2.05) is 6.92 Å². The maximum atomic E-state index is 10.5. The summed E-state index contributed by atoms with van der Waals surface area (Å²) in [4.78, 5) is -0.0666. The summed E-state index contributed by atoms with van der Waals surface area (Å²) in [6, 6.07) is 5.99. The normalized spacial score (nSPS) is 15.5. The lowest BCUT2D eigenvalue weighted by atomic mass is 10.1. The summed E-state index contributed by atoms with van der Waals surface area (Å²) >= 11 is 0. The van der Waals surface area contributed by atoms with Crippen LogP contribution in [0.25, 0.3) is 0 Å². The van der Waals surface area contributed by atoms with Crippen LogP contribution in [0.1, 0.15) is 5.56 Å². The van der Waals surface area contributed by atoms with E-state index in [9.17, 15) is 8.42 Å². The van der Waals surface area contributed by atoms with Crippen LogP contribution in [-0.2, 0) is 14.9 Å². The molecular formula is C12H19NO4S. The summed E-state index contributed by atoms with van der Waals surface area (Å²) in [6.45, 7) is 5.06. The van der Waals surface area contributed by atoms with E-state index >= 15 is 0 Å². The Morgan fingerprint density at radius 1 is 1.33 bits per heavy atom. The van der Waals surface area contributed by atoms with Crippen LogP contribution in [-0.4, -0.2) is 39.8 Å². The minimum Gasteiger partial charge on any atom is -0.384 e. The van der Waals surface area contributed by atoms with Crippen molar-refractivity contribution in [3.8, 4) is 0 Å². The predicted molar refractivity (Wildman–Crippen MR) is 69.2 cm³/mol. The Kier molecular flexibility index (Phi) is 5.74. The van der Waals surface area contributed by atoms with Crippen molar-refractivity contribution in [1.29, 1.82) is 0 Å². The number of ether oxygens (including phenoxy) is 1. The Morgan fingerprint density at radius 2 is 1.89 bits per heavy atom. The molecule has 0 aliphatic carbocycles. The Labute approximate surface area is 108 Å². The number of nitrogens with one attached hydrogen (secondary N) is 1. The molecule has 0 bridgehead atoms. The van der Waals surface area contributed by atoms with E-state index in [1.165, 1.54) is 12.1 Å². The highest BCUT2D eigenvalue weighted by Gasteiger charge is 2.14. The molecule has 5 nitrogen and oxygen atoms in total. The van der Waals surface area contributed by atoms with Crippen molar-refractivity contribution in [2.24, 2.45) is 5.92 Å². The van der Waals surface area contributed by atoms with Gasteiger partial charge in [0.15, 0.2) is 0 Å². The SMILES string of the molecule is COCC1CNC1.Cc1ccc(S(=O)(=O)O)cc1. The molecule has 0 unspecified atom stereocenters. The lowest BCUT2D eigenvalue weighted by molar-refractivity contribution is 0.124. The Balaban J connectivity index is 0.000000199. The van der Waals surface area contributed by atoms with Crippen molar-refractivity contribution in [2.45, 2.75) is 11.8 Å². The lowest BCUT2D eigenvalue weighted by Gasteiger charge is -2.25. The fourth-order valence-electron chi connectivity index (χ4n) is 1.41. The van der Waals surface area contributed by atoms with Crippen molar-refractivity contribution in [2.75, 3.05) is 26.8 Å². The first-order valence-corrected chi connectivity index (χ1v) is 7.11. The lowest BCUT2D eigenvalue weighted by Crippen LogP contribution is -2.44. The zero-order valence-electron chi connectivity index (χ0n) is 10.6. The fourth-order valence-corrected chi connectivity index (χ4v) is 1.89. The highest BCUT2D eigenvalue weighted by molar-refractivity contribution is 7.85. The van der Waals surface area contributed by atoms with Crippen LogP contribution in [0.5, 0.6) is 0 Å². The molecule has 1 saturated heterocycles. The van der Waals surface area contributed by atoms with E-state index in [1.54, 1.807) is 19.2 Å². The Bertz CT molecular complexity index is 451. The van der Waals surface area contributed by atoms with Gasteiger partial charge in [-0.1, -0.05) is 17.7 Å². The van der Waals surface area contributed by atoms with Gasteiger partial charge in [-0.15, -0.1) is 0 Å². The van der Waals surface area contributed by atoms with Gasteiger partial charge in [0.1, 0.15) is 0 Å². The largest absolute Gasteiger partial charge is 0.384 e. The van der Waals surface area contributed by atoms with Gasteiger partial charge < -0.3 is 10.1 Å². The van der Waals surface area contributed by atoms with Gasteiger partial charge >= 0.3 is 0 Å². The molecule has 1 fully saturated rings. The van der Waals surface area contributed by atoms with Gasteiger partial charge in [-0.05, 0) is 19.1 Å². The summed E-state index contributed by atoms with van der Waals surface area (Å²) in [5.41, 5.74) is 0.956. The van der Waals surface area contributed by atoms with Gasteiger partial charge in [0.05, 0.1) is 11.5 Å². The second kappa shape index (κ2) is 6.84. The van der Waals surface area contributed by atoms with Gasteiger partial charge in [0.25, 0.3) is 10.1 Å². The second-order valence-electron chi connectivity index (χ2n) is 4.27. The first-order chi connectivity index (χ1) is 8.43. The Morgan fingerprint density at radius 3 is 2.17 bits per heavy atom. The molecule has 1 aromatic carbocycles. The molecule has 102 valence electrons. The molecule has 1 aromatic rings. The quantitative estimate of drug-likeness (QED) is 0.806. The van der Waals surface area contributed by atoms with E-state index in [0.29, 0.717) is 0 Å². The van der Waals surface area contributed by atoms with Gasteiger partial charge in [-0.25, -0.2) is 0 Å². The smallest absolute Gasteiger partial charge is 0.294 e. The van der Waals surface area contributed by atoms with Crippen LogP contribution >= 0.6 is 0 Å². The predicted octanol–water partition coefficient (Wildman–Crippen LogP) is 1.09. The average Bonchev–Trinajstić information content (AvgIpc) is 2.24. The first-order valence-electron chi connectivity index (χ1n) is 5.67. The van der Waals surface area contributed by atoms with Gasteiger partial charge in [-0.2, -0.15) is 8.42 Å². The number of rotatable bonds is 3. The van der Waals surface area contributed by atoms with E-state index < -0.39 is 10.1 Å². The van der Waals surface area contributed by atoms with Crippen LogP contribution in [0.4, 0.5) is 0 Å². The minimum absolute atomic E-state index is 0.0666. The second-order valence-corrected chi connectivity index (χ2v) is 5.69. The van der Waals surface area contributed by atoms with Crippen molar-refractivity contribution < 1.29 is 17.7 Å². The van der Waals surface area contributed by atoms with E-state index in [0.717, 1.165) is 31.2 Å². The first kappa shape index (κ1) is 15.1. The molecule has 0 amide bonds. The molecule has 6 heteroatoms. The van der Waals surface area contributed by atoms with Crippen LogP contribution in [0.2, 0.25) is 0 Å². The molecule has 1 aliphatic heterocycles. The molecule has 2 N–H and O–H groups in total. The molecule has 0 spiro atoms. The third-order valence-electron chi connectivity index (χ3n) is 2.59. The number of hydrogen-bond acceptors (Lipinski definition) is 4. The van der Waals surface area contributed by atoms with Crippen molar-refractivity contribution >= 4 is 10.1 Å². The molecule has 1 aliphatic rings. The maximum absolute atomic E-state index is 10.5. The zero-order chi connectivity index (χ0) is 13.6. The third kappa shape index (κ3) is 5.14. The van der Waals surface area contributed by atoms with E-state index in [2.05, 4.69) is 5.32 Å². The molecule has 0 aromatic heterocycles. The van der Waals surface area contributed by atoms with Crippen LogP contribution in [0.15, 0.2) is 29.2 Å². The van der Waals surface area contributed by atoms with E-state index in [4.69, 9.17) is 9.29 Å². The summed E-state index contributed by atoms with van der Waals surface area (Å²) in [5.74, 6) is 0.796. The van der Waals surface area contributed by atoms with Crippen molar-refractivity contribution in [3.63, 3.8) is 0 Å². The zero-order valence-corrected chi connectivity index (χ0v) is 11.4. The molecule has 0 radical (unpaired) electrons. The number of benzene rings is 1. The van der Waals surface area contributed by atoms with Crippen molar-refractivity contribution in [3.05, 3.63) is 29.8 Å². The number of methoxy groups -OCH3 is 1. The highest BCUT2D eigenvalue weighted by atomic mass is 32.2. The molecule has 1 heterocycles. The molecule has 18 heavy (non-hydrogen) atoms. The van der Waals surface area contributed by atoms with E-state index in [-0.39, 0.29) is 4.90 Å². The average molecular weight is 273 g/mol. The van der Waals surface area contributed by atoms with Crippen molar-refractivity contribution in [1.82, 2.24) is 5.32 Å². The van der Waals surface area contributed by atoms with Gasteiger partial charge in [-0.3, -0.25) is 4.55 Å². The minimum atomic E-state index is -4.02. The van der Waals surface area contributed by atoms with Gasteiger partial charge in [0.2, 0.25) is 0 Å². The molecule has 2 rings (SSSR count). The summed E-state index contributed by atoms with van der Waals surface area (Å²) in [7, 11) is -2.27. The monoisotopic (exact) mass is 273 g/mol. The summed E-state index contributed by atoms with van der Waals surface area (Å²) in [5, 5.41) is 3.17. The molecule has 0 saturated carbocycles. The molecular weight excluding hydrogens is 254 g/mol. The fraction of sp³-hybridized carbons (Fsp3) is 0.500.